The first-order valence-electron chi connectivity index (χ1n) is 3.56. The van der Waals surface area contributed by atoms with Gasteiger partial charge in [-0.25, -0.2) is 5.48 Å². The molecule has 1 amide bonds. The minimum absolute atomic E-state index is 0. The van der Waals surface area contributed by atoms with E-state index in [9.17, 15) is 13.2 Å². The molecule has 0 fully saturated rings. The Hall–Kier alpha value is 0.120. The Balaban J connectivity index is 0. The Morgan fingerprint density at radius 3 is 2.14 bits per heavy atom. The van der Waals surface area contributed by atoms with E-state index in [1.807, 2.05) is 0 Å². The molecule has 0 aliphatic rings. The van der Waals surface area contributed by atoms with Crippen molar-refractivity contribution in [1.29, 1.82) is 0 Å². The van der Waals surface area contributed by atoms with E-state index in [1.54, 1.807) is 5.48 Å². The van der Waals surface area contributed by atoms with Gasteiger partial charge in [0.2, 0.25) is 0 Å². The molecule has 0 heterocycles. The third-order valence-electron chi connectivity index (χ3n) is 1.19. The Morgan fingerprint density at radius 1 is 1.43 bits per heavy atom. The molecule has 7 heteroatoms. The molecular weight excluding hydrogens is 217 g/mol. The van der Waals surface area contributed by atoms with E-state index in [0.717, 1.165) is 6.08 Å². The number of carbonyl (C=O) groups excluding carboxylic acids is 1. The average molecular weight is 230 g/mol. The van der Waals surface area contributed by atoms with E-state index in [1.165, 1.54) is 20.8 Å². The second-order valence-electron chi connectivity index (χ2n) is 3.32. The van der Waals surface area contributed by atoms with Crippen LogP contribution < -0.4 is 5.48 Å². The third kappa shape index (κ3) is 5.11. The van der Waals surface area contributed by atoms with Crippen LogP contribution in [-0.2, 0) is 19.2 Å². The fourth-order valence-corrected chi connectivity index (χ4v) is 0.704. The fourth-order valence-electron chi connectivity index (χ4n) is 0.263. The van der Waals surface area contributed by atoms with Crippen molar-refractivity contribution in [1.82, 2.24) is 5.48 Å². The fraction of sp³-hybridized carbons (Fsp3) is 0.571. The summed E-state index contributed by atoms with van der Waals surface area (Å²) in [5, 5.41) is 0. The predicted octanol–water partition coefficient (Wildman–Crippen LogP) is -0.0323. The van der Waals surface area contributed by atoms with Crippen molar-refractivity contribution in [3.8, 4) is 0 Å². The zero-order valence-electron chi connectivity index (χ0n) is 8.83. The number of rotatable bonds is 3. The second-order valence-corrected chi connectivity index (χ2v) is 5.62. The van der Waals surface area contributed by atoms with Crippen LogP contribution in [0, 0.1) is 0 Å². The Labute approximate surface area is 106 Å². The van der Waals surface area contributed by atoms with Crippen molar-refractivity contribution in [3.63, 3.8) is 0 Å². The van der Waals surface area contributed by atoms with Crippen LogP contribution in [-0.4, -0.2) is 48.6 Å². The molecule has 0 unspecified atom stereocenters. The summed E-state index contributed by atoms with van der Waals surface area (Å²) in [6, 6.07) is 0. The molecule has 0 bridgehead atoms. The summed E-state index contributed by atoms with van der Waals surface area (Å²) in [4.78, 5) is 10.6. The Bertz CT molecular complexity index is 304. The summed E-state index contributed by atoms with van der Waals surface area (Å²) in [5.74, 6) is -0.701. The average Bonchev–Trinajstić information content (AvgIpc) is 1.98. The predicted molar refractivity (Wildman–Crippen MR) is 53.9 cm³/mol. The van der Waals surface area contributed by atoms with E-state index in [0.29, 0.717) is 0 Å². The van der Waals surface area contributed by atoms with Gasteiger partial charge in [0.1, 0.15) is 0 Å². The Morgan fingerprint density at radius 2 is 1.86 bits per heavy atom. The second kappa shape index (κ2) is 5.87. The maximum atomic E-state index is 11.2. The molecule has 0 saturated heterocycles. The minimum atomic E-state index is -3.78. The summed E-state index contributed by atoms with van der Waals surface area (Å²) in [7, 11) is -3.78. The van der Waals surface area contributed by atoms with Crippen molar-refractivity contribution in [2.75, 3.05) is 0 Å². The van der Waals surface area contributed by atoms with Gasteiger partial charge in [-0.1, -0.05) is 6.58 Å². The Kier molecular flexibility index (Phi) is 6.94. The SMILES string of the molecule is C=CC(=O)NOS(=O)(=O)C(C)(C)C.[Na]. The maximum Gasteiger partial charge on any atom is 0.292 e. The summed E-state index contributed by atoms with van der Waals surface area (Å²) >= 11 is 0. The van der Waals surface area contributed by atoms with E-state index in [4.69, 9.17) is 0 Å². The summed E-state index contributed by atoms with van der Waals surface area (Å²) < 4.78 is 25.6. The van der Waals surface area contributed by atoms with Crippen LogP contribution >= 0.6 is 0 Å². The van der Waals surface area contributed by atoms with E-state index >= 15 is 0 Å². The molecule has 0 aromatic heterocycles. The number of hydroxylamine groups is 1. The zero-order valence-corrected chi connectivity index (χ0v) is 11.6. The first-order valence-corrected chi connectivity index (χ1v) is 4.97. The normalized spacial score (nSPS) is 11.4. The van der Waals surface area contributed by atoms with Gasteiger partial charge in [-0.2, -0.15) is 8.42 Å². The van der Waals surface area contributed by atoms with Gasteiger partial charge in [0.05, 0.1) is 4.75 Å². The number of amides is 1. The van der Waals surface area contributed by atoms with E-state index in [2.05, 4.69) is 10.9 Å². The first kappa shape index (κ1) is 16.5. The molecule has 0 aliphatic carbocycles. The smallest absolute Gasteiger partial charge is 0.268 e. The van der Waals surface area contributed by atoms with Crippen LogP contribution in [0.1, 0.15) is 20.8 Å². The van der Waals surface area contributed by atoms with Gasteiger partial charge in [-0.15, -0.1) is 4.28 Å². The molecular formula is C7H13NNaO4S. The largest absolute Gasteiger partial charge is 0.292 e. The number of carbonyl (C=O) groups is 1. The monoisotopic (exact) mass is 230 g/mol. The van der Waals surface area contributed by atoms with Gasteiger partial charge in [-0.05, 0) is 26.8 Å². The molecule has 77 valence electrons. The molecule has 0 spiro atoms. The molecule has 0 aliphatic heterocycles. The quantitative estimate of drug-likeness (QED) is 0.420. The minimum Gasteiger partial charge on any atom is -0.268 e. The topological polar surface area (TPSA) is 72.5 Å². The summed E-state index contributed by atoms with van der Waals surface area (Å²) in [5.41, 5.74) is 1.73. The van der Waals surface area contributed by atoms with Crippen molar-refractivity contribution in [2.45, 2.75) is 25.5 Å². The first-order chi connectivity index (χ1) is 5.70. The maximum absolute atomic E-state index is 11.2. The van der Waals surface area contributed by atoms with Crippen LogP contribution in [0.2, 0.25) is 0 Å². The van der Waals surface area contributed by atoms with Crippen LogP contribution in [0.5, 0.6) is 0 Å². The number of nitrogens with one attached hydrogen (secondary N) is 1. The van der Waals surface area contributed by atoms with Gasteiger partial charge in [0.15, 0.2) is 0 Å². The molecule has 5 nitrogen and oxygen atoms in total. The van der Waals surface area contributed by atoms with Crippen molar-refractivity contribution in [2.24, 2.45) is 0 Å². The van der Waals surface area contributed by atoms with Crippen LogP contribution in [0.25, 0.3) is 0 Å². The molecule has 1 radical (unpaired) electrons. The molecule has 0 aromatic rings. The molecule has 0 rings (SSSR count). The van der Waals surface area contributed by atoms with Crippen LogP contribution in [0.15, 0.2) is 12.7 Å². The number of hydrogen-bond acceptors (Lipinski definition) is 4. The summed E-state index contributed by atoms with van der Waals surface area (Å²) in [6.45, 7) is 7.52. The van der Waals surface area contributed by atoms with Gasteiger partial charge < -0.3 is 0 Å². The van der Waals surface area contributed by atoms with Crippen molar-refractivity contribution >= 4 is 45.6 Å². The van der Waals surface area contributed by atoms with E-state index in [-0.39, 0.29) is 29.6 Å². The van der Waals surface area contributed by atoms with Crippen LogP contribution in [0.4, 0.5) is 0 Å². The molecule has 0 atom stereocenters. The van der Waals surface area contributed by atoms with Crippen LogP contribution in [0.3, 0.4) is 0 Å². The zero-order chi connectivity index (χ0) is 10.7. The van der Waals surface area contributed by atoms with Crippen molar-refractivity contribution < 1.29 is 17.5 Å². The molecule has 14 heavy (non-hydrogen) atoms. The van der Waals surface area contributed by atoms with Gasteiger partial charge in [0, 0.05) is 29.6 Å². The van der Waals surface area contributed by atoms with Gasteiger partial charge in [0.25, 0.3) is 16.0 Å². The third-order valence-corrected chi connectivity index (χ3v) is 2.99. The molecule has 0 saturated carbocycles. The standard InChI is InChI=1S/C7H13NO4S.Na/c1-5-6(9)8-12-13(10,11)7(2,3)4;/h5H,1H2,2-4H3,(H,8,9);. The molecule has 1 N–H and O–H groups in total. The molecule has 0 aromatic carbocycles. The van der Waals surface area contributed by atoms with E-state index < -0.39 is 20.8 Å². The summed E-state index contributed by atoms with van der Waals surface area (Å²) in [6.07, 6.45) is 0.915. The van der Waals surface area contributed by atoms with Gasteiger partial charge in [-0.3, -0.25) is 4.79 Å². The van der Waals surface area contributed by atoms with Crippen molar-refractivity contribution in [3.05, 3.63) is 12.7 Å². The van der Waals surface area contributed by atoms with Gasteiger partial charge >= 0.3 is 0 Å². The number of hydrogen-bond donors (Lipinski definition) is 1.